The van der Waals surface area contributed by atoms with Crippen LogP contribution in [0.3, 0.4) is 0 Å². The van der Waals surface area contributed by atoms with Gasteiger partial charge in [-0.3, -0.25) is 14.4 Å². The van der Waals surface area contributed by atoms with Crippen molar-refractivity contribution in [3.8, 4) is 0 Å². The van der Waals surface area contributed by atoms with Crippen molar-refractivity contribution in [3.63, 3.8) is 0 Å². The third kappa shape index (κ3) is 22.8. The molecule has 0 saturated carbocycles. The van der Waals surface area contributed by atoms with E-state index in [0.29, 0.717) is 43.4 Å². The van der Waals surface area contributed by atoms with E-state index in [2.05, 4.69) is 6.92 Å². The summed E-state index contributed by atoms with van der Waals surface area (Å²) >= 11 is 0. The van der Waals surface area contributed by atoms with Crippen molar-refractivity contribution in [2.45, 2.75) is 142 Å². The molecule has 0 unspecified atom stereocenters. The van der Waals surface area contributed by atoms with Gasteiger partial charge in [0.05, 0.1) is 45.4 Å². The Morgan fingerprint density at radius 1 is 0.417 bits per heavy atom. The molecule has 3 N–H and O–H groups in total. The van der Waals surface area contributed by atoms with Gasteiger partial charge in [0.25, 0.3) is 0 Å². The van der Waals surface area contributed by atoms with E-state index in [1.54, 1.807) is 0 Å². The molecule has 7 nitrogen and oxygen atoms in total. The lowest BCUT2D eigenvalue weighted by molar-refractivity contribution is -0.929. The minimum atomic E-state index is -0.823. The maximum atomic E-state index is 11.0. The second-order valence-electron chi connectivity index (χ2n) is 10.7. The Balaban J connectivity index is 4.28. The second-order valence-corrected chi connectivity index (χ2v) is 10.7. The lowest BCUT2D eigenvalue weighted by atomic mass is 10.0. The van der Waals surface area contributed by atoms with Crippen LogP contribution in [0.2, 0.25) is 0 Å². The summed E-state index contributed by atoms with van der Waals surface area (Å²) in [6.07, 6.45) is 21.4. The molecule has 0 heterocycles. The molecule has 0 radical (unpaired) electrons. The Labute approximate surface area is 220 Å². The van der Waals surface area contributed by atoms with Gasteiger partial charge in [-0.15, -0.1) is 0 Å². The SMILES string of the molecule is CCCCCCCCCCCCCCCCC[N+](CCCC(=O)O)(CCCC(=O)O)CCCC(=O)O. The van der Waals surface area contributed by atoms with Gasteiger partial charge in [0, 0.05) is 19.3 Å². The largest absolute Gasteiger partial charge is 0.481 e. The van der Waals surface area contributed by atoms with Crippen LogP contribution in [0.5, 0.6) is 0 Å². The molecule has 0 aliphatic carbocycles. The maximum absolute atomic E-state index is 11.0. The van der Waals surface area contributed by atoms with Crippen molar-refractivity contribution in [2.75, 3.05) is 26.2 Å². The predicted molar refractivity (Wildman–Crippen MR) is 145 cm³/mol. The lowest BCUT2D eigenvalue weighted by Crippen LogP contribution is -2.51. The van der Waals surface area contributed by atoms with E-state index < -0.39 is 17.9 Å². The molecule has 36 heavy (non-hydrogen) atoms. The number of carboxylic acid groups (broad SMARTS) is 3. The van der Waals surface area contributed by atoms with Crippen molar-refractivity contribution >= 4 is 17.9 Å². The Kier molecular flexibility index (Phi) is 22.7. The minimum absolute atomic E-state index is 0.0940. The van der Waals surface area contributed by atoms with Crippen LogP contribution in [0.15, 0.2) is 0 Å². The van der Waals surface area contributed by atoms with Crippen LogP contribution in [0.1, 0.15) is 142 Å². The summed E-state index contributed by atoms with van der Waals surface area (Å²) in [5, 5.41) is 27.2. The third-order valence-corrected chi connectivity index (χ3v) is 7.31. The highest BCUT2D eigenvalue weighted by Gasteiger charge is 2.27. The van der Waals surface area contributed by atoms with Crippen LogP contribution in [-0.4, -0.2) is 63.9 Å². The first-order valence-electron chi connectivity index (χ1n) is 14.8. The fourth-order valence-corrected chi connectivity index (χ4v) is 5.19. The molecule has 0 fully saturated rings. The number of aliphatic carboxylic acids is 3. The number of carbonyl (C=O) groups is 3. The van der Waals surface area contributed by atoms with Crippen molar-refractivity contribution < 1.29 is 34.2 Å². The first-order valence-corrected chi connectivity index (χ1v) is 14.8. The van der Waals surface area contributed by atoms with Gasteiger partial charge in [-0.05, 0) is 12.8 Å². The van der Waals surface area contributed by atoms with Crippen molar-refractivity contribution in [3.05, 3.63) is 0 Å². The summed E-state index contributed by atoms with van der Waals surface area (Å²) in [6.45, 7) is 5.14. The summed E-state index contributed by atoms with van der Waals surface area (Å²) in [7, 11) is 0. The first-order chi connectivity index (χ1) is 17.3. The molecule has 0 atom stereocenters. The highest BCUT2D eigenvalue weighted by atomic mass is 16.4. The van der Waals surface area contributed by atoms with Crippen LogP contribution in [0.4, 0.5) is 0 Å². The highest BCUT2D eigenvalue weighted by molar-refractivity contribution is 5.67. The van der Waals surface area contributed by atoms with Gasteiger partial charge in [0.1, 0.15) is 0 Å². The number of hydrogen-bond donors (Lipinski definition) is 3. The van der Waals surface area contributed by atoms with Gasteiger partial charge < -0.3 is 19.8 Å². The average Bonchev–Trinajstić information content (AvgIpc) is 2.80. The van der Waals surface area contributed by atoms with Crippen LogP contribution < -0.4 is 0 Å². The van der Waals surface area contributed by atoms with Crippen molar-refractivity contribution in [2.24, 2.45) is 0 Å². The molecular formula is C29H56NO6+. The molecule has 0 aliphatic rings. The van der Waals surface area contributed by atoms with Gasteiger partial charge in [-0.25, -0.2) is 0 Å². The Bertz CT molecular complexity index is 516. The first kappa shape index (κ1) is 34.4. The van der Waals surface area contributed by atoms with Crippen LogP contribution >= 0.6 is 0 Å². The Morgan fingerprint density at radius 3 is 0.944 bits per heavy atom. The third-order valence-electron chi connectivity index (χ3n) is 7.31. The second kappa shape index (κ2) is 23.7. The average molecular weight is 515 g/mol. The molecule has 0 rings (SSSR count). The normalized spacial score (nSPS) is 11.6. The molecule has 0 saturated heterocycles. The zero-order chi connectivity index (χ0) is 26.9. The van der Waals surface area contributed by atoms with Crippen LogP contribution in [0, 0.1) is 0 Å². The van der Waals surface area contributed by atoms with Gasteiger partial charge in [-0.2, -0.15) is 0 Å². The number of nitrogens with zero attached hydrogens (tertiary/aromatic N) is 1. The molecule has 0 aromatic carbocycles. The molecule has 0 aliphatic heterocycles. The van der Waals surface area contributed by atoms with E-state index in [1.807, 2.05) is 0 Å². The number of hydrogen-bond acceptors (Lipinski definition) is 3. The van der Waals surface area contributed by atoms with Gasteiger partial charge in [0.2, 0.25) is 0 Å². The molecule has 0 amide bonds. The number of unbranched alkanes of at least 4 members (excludes halogenated alkanes) is 14. The summed E-state index contributed by atoms with van der Waals surface area (Å²) < 4.78 is 0.645. The molecule has 212 valence electrons. The van der Waals surface area contributed by atoms with E-state index in [-0.39, 0.29) is 19.3 Å². The minimum Gasteiger partial charge on any atom is -0.481 e. The molecule has 0 aromatic rings. The maximum Gasteiger partial charge on any atom is 0.303 e. The lowest BCUT2D eigenvalue weighted by Gasteiger charge is -2.39. The van der Waals surface area contributed by atoms with Gasteiger partial charge in [-0.1, -0.05) is 90.4 Å². The van der Waals surface area contributed by atoms with E-state index >= 15 is 0 Å². The summed E-state index contributed by atoms with van der Waals surface area (Å²) in [6, 6.07) is 0. The fraction of sp³-hybridized carbons (Fsp3) is 0.897. The quantitative estimate of drug-likeness (QED) is 0.0747. The number of rotatable bonds is 28. The van der Waals surface area contributed by atoms with Crippen molar-refractivity contribution in [1.82, 2.24) is 0 Å². The smallest absolute Gasteiger partial charge is 0.303 e. The van der Waals surface area contributed by atoms with Gasteiger partial charge >= 0.3 is 17.9 Å². The van der Waals surface area contributed by atoms with Crippen LogP contribution in [-0.2, 0) is 14.4 Å². The highest BCUT2D eigenvalue weighted by Crippen LogP contribution is 2.19. The van der Waals surface area contributed by atoms with E-state index in [9.17, 15) is 14.4 Å². The van der Waals surface area contributed by atoms with Crippen LogP contribution in [0.25, 0.3) is 0 Å². The molecular weight excluding hydrogens is 458 g/mol. The molecule has 0 bridgehead atoms. The van der Waals surface area contributed by atoms with E-state index in [0.717, 1.165) is 19.4 Å². The molecule has 0 aromatic heterocycles. The zero-order valence-corrected chi connectivity index (χ0v) is 23.2. The monoisotopic (exact) mass is 514 g/mol. The number of quaternary nitrogens is 1. The zero-order valence-electron chi connectivity index (χ0n) is 23.2. The number of carboxylic acids is 3. The Morgan fingerprint density at radius 2 is 0.667 bits per heavy atom. The summed E-state index contributed by atoms with van der Waals surface area (Å²) in [5.74, 6) is -2.47. The standard InChI is InChI=1S/C29H55NO6/c1-2-3-4-5-6-7-8-9-10-11-12-13-14-15-16-23-30(24-17-20-27(31)32,25-18-21-28(33)34)26-19-22-29(35)36/h2-26H2,1H3,(H2-,31,32,33,34,35,36)/p+1. The van der Waals surface area contributed by atoms with Crippen molar-refractivity contribution in [1.29, 1.82) is 0 Å². The molecule has 0 spiro atoms. The van der Waals surface area contributed by atoms with E-state index in [4.69, 9.17) is 15.3 Å². The predicted octanol–water partition coefficient (Wildman–Crippen LogP) is 7.27. The molecule has 7 heteroatoms. The summed E-state index contributed by atoms with van der Waals surface area (Å²) in [4.78, 5) is 33.1. The van der Waals surface area contributed by atoms with E-state index in [1.165, 1.54) is 83.5 Å². The Hall–Kier alpha value is -1.63. The van der Waals surface area contributed by atoms with Gasteiger partial charge in [0.15, 0.2) is 0 Å². The topological polar surface area (TPSA) is 112 Å². The summed E-state index contributed by atoms with van der Waals surface area (Å²) in [5.41, 5.74) is 0. The fourth-order valence-electron chi connectivity index (χ4n) is 5.19.